The highest BCUT2D eigenvalue weighted by molar-refractivity contribution is 8.33. The van der Waals surface area contributed by atoms with Crippen LogP contribution in [0.25, 0.3) is 0 Å². The molecule has 0 saturated carbocycles. The van der Waals surface area contributed by atoms with Crippen LogP contribution < -0.4 is 9.47 Å². The number of hydrogen-bond donors (Lipinski definition) is 0. The third-order valence-corrected chi connectivity index (χ3v) is 11.8. The van der Waals surface area contributed by atoms with Crippen molar-refractivity contribution in [1.82, 2.24) is 0 Å². The predicted octanol–water partition coefficient (Wildman–Crippen LogP) is 10.0. The summed E-state index contributed by atoms with van der Waals surface area (Å²) in [6.45, 7) is 4.38. The average Bonchev–Trinajstić information content (AvgIpc) is 3.00. The van der Waals surface area contributed by atoms with Crippen LogP contribution in [0.5, 0.6) is 11.5 Å². The Bertz CT molecular complexity index is 1460. The van der Waals surface area contributed by atoms with Gasteiger partial charge in [0, 0.05) is 14.7 Å². The molecule has 46 heavy (non-hydrogen) atoms. The maximum Gasteiger partial charge on any atom is 0.460 e. The number of hydrogen-bond acceptors (Lipinski definition) is 5. The maximum atomic E-state index is 15.1. The molecule has 0 atom stereocenters. The summed E-state index contributed by atoms with van der Waals surface area (Å²) in [5.74, 6) is -14.4. The molecule has 16 heteroatoms. The van der Waals surface area contributed by atoms with Crippen LogP contribution in [0.1, 0.15) is 39.5 Å². The van der Waals surface area contributed by atoms with E-state index in [0.29, 0.717) is 12.8 Å². The fourth-order valence-electron chi connectivity index (χ4n) is 3.96. The molecule has 0 saturated heterocycles. The number of alkyl halides is 9. The van der Waals surface area contributed by atoms with Crippen LogP contribution in [0.15, 0.2) is 93.5 Å². The summed E-state index contributed by atoms with van der Waals surface area (Å²) in [5.41, 5.74) is 0. The first-order valence-electron chi connectivity index (χ1n) is 13.9. The molecule has 0 unspecified atom stereocenters. The minimum absolute atomic E-state index is 0.195. The third kappa shape index (κ3) is 7.23. The Labute approximate surface area is 262 Å². The van der Waals surface area contributed by atoms with Gasteiger partial charge in [-0.25, -0.2) is 3.63 Å². The molecule has 3 aromatic carbocycles. The van der Waals surface area contributed by atoms with Crippen molar-refractivity contribution in [1.29, 1.82) is 0 Å². The van der Waals surface area contributed by atoms with Gasteiger partial charge in [0.15, 0.2) is 0 Å². The molecule has 0 aliphatic rings. The number of halogens is 9. The Kier molecular flexibility index (Phi) is 11.6. The largest absolute Gasteiger partial charge is 0.494 e. The van der Waals surface area contributed by atoms with Crippen LogP contribution in [0.3, 0.4) is 0 Å². The molecule has 256 valence electrons. The van der Waals surface area contributed by atoms with E-state index in [1.807, 2.05) is 13.8 Å². The fraction of sp³-hybridized carbons (Fsp3) is 0.400. The van der Waals surface area contributed by atoms with Crippen molar-refractivity contribution in [3.8, 4) is 11.5 Å². The number of ether oxygens (including phenoxy) is 2. The lowest BCUT2D eigenvalue weighted by Gasteiger charge is -2.41. The lowest BCUT2D eigenvalue weighted by atomic mass is 10.1. The zero-order valence-electron chi connectivity index (χ0n) is 24.5. The fourth-order valence-corrected chi connectivity index (χ4v) is 9.15. The molecular formula is C30H31F9O5S2. The average molecular weight is 707 g/mol. The molecule has 0 spiro atoms. The first-order valence-corrected chi connectivity index (χ1v) is 16.9. The van der Waals surface area contributed by atoms with E-state index < -0.39 is 43.7 Å². The van der Waals surface area contributed by atoms with Crippen LogP contribution in [0, 0.1) is 0 Å². The maximum absolute atomic E-state index is 15.1. The van der Waals surface area contributed by atoms with E-state index in [4.69, 9.17) is 13.1 Å². The van der Waals surface area contributed by atoms with Crippen LogP contribution in [0.4, 0.5) is 39.5 Å². The van der Waals surface area contributed by atoms with E-state index in [-0.39, 0.29) is 39.4 Å². The van der Waals surface area contributed by atoms with E-state index in [1.54, 1.807) is 0 Å². The summed E-state index contributed by atoms with van der Waals surface area (Å²) in [4.78, 5) is -0.627. The first-order chi connectivity index (χ1) is 21.4. The molecule has 0 aliphatic carbocycles. The van der Waals surface area contributed by atoms with Gasteiger partial charge < -0.3 is 9.47 Å². The van der Waals surface area contributed by atoms with Crippen molar-refractivity contribution in [3.63, 3.8) is 0 Å². The second-order valence-corrected chi connectivity index (χ2v) is 14.4. The van der Waals surface area contributed by atoms with Gasteiger partial charge in [0.05, 0.1) is 13.2 Å². The second-order valence-electron chi connectivity index (χ2n) is 9.90. The molecule has 5 nitrogen and oxygen atoms in total. The van der Waals surface area contributed by atoms with Crippen LogP contribution in [-0.2, 0) is 13.7 Å². The van der Waals surface area contributed by atoms with Gasteiger partial charge in [-0.1, -0.05) is 44.9 Å². The zero-order valence-corrected chi connectivity index (χ0v) is 26.1. The molecular weight excluding hydrogens is 675 g/mol. The second kappa shape index (κ2) is 14.3. The molecule has 0 aliphatic heterocycles. The summed E-state index contributed by atoms with van der Waals surface area (Å²) < 4.78 is 168. The van der Waals surface area contributed by atoms with Crippen molar-refractivity contribution in [3.05, 3.63) is 78.9 Å². The van der Waals surface area contributed by atoms with Crippen LogP contribution >= 0.6 is 10.3 Å². The smallest absolute Gasteiger partial charge is 0.460 e. The quantitative estimate of drug-likeness (QED) is 0.110. The van der Waals surface area contributed by atoms with Crippen LogP contribution in [0.2, 0.25) is 0 Å². The standard InChI is InChI=1S/C30H31F9O5S2/c1-3-5-20-42-22-12-16-25(17-13-22)45(24-10-8-7-9-11-24,26-18-14-23(15-19-26)43-21-6-4-2)44-46(40,41)30(38,39)28(33,34)27(31,32)29(35,36)37/h7-19H,3-6,20-21H2,1-2H3. The topological polar surface area (TPSA) is 61.8 Å². The predicted molar refractivity (Wildman–Crippen MR) is 153 cm³/mol. The number of benzene rings is 3. The van der Waals surface area contributed by atoms with E-state index in [2.05, 4.69) is 0 Å². The van der Waals surface area contributed by atoms with Gasteiger partial charge in [-0.05, 0) is 83.8 Å². The van der Waals surface area contributed by atoms with Crippen LogP contribution in [-0.4, -0.2) is 44.9 Å². The van der Waals surface area contributed by atoms with E-state index >= 15 is 8.78 Å². The SMILES string of the molecule is CCCCOc1ccc(S(OS(=O)(=O)C(F)(F)C(F)(F)C(F)(F)C(F)(F)F)(c2ccccc2)c2ccc(OCCCC)cc2)cc1. The molecule has 3 aromatic rings. The van der Waals surface area contributed by atoms with Crippen molar-refractivity contribution >= 4 is 20.4 Å². The van der Waals surface area contributed by atoms with Crippen molar-refractivity contribution in [2.75, 3.05) is 13.2 Å². The molecule has 3 rings (SSSR count). The van der Waals surface area contributed by atoms with Gasteiger partial charge in [0.1, 0.15) is 11.5 Å². The Balaban J connectivity index is 2.29. The minimum Gasteiger partial charge on any atom is -0.494 e. The summed E-state index contributed by atoms with van der Waals surface area (Å²) in [6, 6.07) is 16.6. The summed E-state index contributed by atoms with van der Waals surface area (Å²) in [5, 5.41) is -7.07. The highest BCUT2D eigenvalue weighted by Crippen LogP contribution is 2.71. The molecule has 0 heterocycles. The highest BCUT2D eigenvalue weighted by atomic mass is 32.3. The highest BCUT2D eigenvalue weighted by Gasteiger charge is 2.86. The normalized spacial score (nSPS) is 13.8. The zero-order chi connectivity index (χ0) is 34.4. The van der Waals surface area contributed by atoms with Gasteiger partial charge in [-0.3, -0.25) is 0 Å². The van der Waals surface area contributed by atoms with Gasteiger partial charge in [-0.2, -0.15) is 47.9 Å². The van der Waals surface area contributed by atoms with E-state index in [1.165, 1.54) is 78.9 Å². The monoisotopic (exact) mass is 706 g/mol. The molecule has 0 fully saturated rings. The number of unbranched alkanes of at least 4 members (excludes halogenated alkanes) is 2. The summed E-state index contributed by atoms with van der Waals surface area (Å²) in [7, 11) is -11.4. The summed E-state index contributed by atoms with van der Waals surface area (Å²) in [6.07, 6.45) is -4.33. The van der Waals surface area contributed by atoms with E-state index in [9.17, 15) is 39.2 Å². The lowest BCUT2D eigenvalue weighted by molar-refractivity contribution is -0.382. The van der Waals surface area contributed by atoms with Gasteiger partial charge in [0.2, 0.25) is 0 Å². The third-order valence-electron chi connectivity index (χ3n) is 6.54. The Morgan fingerprint density at radius 3 is 1.33 bits per heavy atom. The van der Waals surface area contributed by atoms with Crippen molar-refractivity contribution in [2.45, 2.75) is 77.5 Å². The Morgan fingerprint density at radius 1 is 0.565 bits per heavy atom. The Morgan fingerprint density at radius 2 is 0.957 bits per heavy atom. The molecule has 0 radical (unpaired) electrons. The van der Waals surface area contributed by atoms with Gasteiger partial charge >= 0.3 is 33.4 Å². The van der Waals surface area contributed by atoms with E-state index in [0.717, 1.165) is 12.8 Å². The van der Waals surface area contributed by atoms with Crippen molar-refractivity contribution < 1.29 is 61.0 Å². The molecule has 0 bridgehead atoms. The van der Waals surface area contributed by atoms with Gasteiger partial charge in [-0.15, -0.1) is 0 Å². The van der Waals surface area contributed by atoms with Gasteiger partial charge in [0.25, 0.3) is 0 Å². The Hall–Kier alpha value is -3.11. The minimum atomic E-state index is -7.48. The lowest BCUT2D eigenvalue weighted by Crippen LogP contribution is -2.63. The molecule has 0 N–H and O–H groups in total. The first kappa shape index (κ1) is 37.3. The van der Waals surface area contributed by atoms with Crippen molar-refractivity contribution in [2.24, 2.45) is 0 Å². The molecule has 0 aromatic heterocycles. The number of rotatable bonds is 16. The summed E-state index contributed by atoms with van der Waals surface area (Å²) >= 11 is 0. The molecule has 0 amide bonds.